The minimum absolute atomic E-state index is 0.139. The molecule has 9 nitrogen and oxygen atoms in total. The summed E-state index contributed by atoms with van der Waals surface area (Å²) in [6.45, 7) is 8.51. The van der Waals surface area contributed by atoms with Crippen LogP contribution in [0, 0.1) is 17.8 Å². The van der Waals surface area contributed by atoms with Gasteiger partial charge in [-0.15, -0.1) is 0 Å². The van der Waals surface area contributed by atoms with Gasteiger partial charge in [-0.3, -0.25) is 9.13 Å². The zero-order valence-electron chi connectivity index (χ0n) is 25.1. The summed E-state index contributed by atoms with van der Waals surface area (Å²) in [6.07, 6.45) is 17.0. The molecule has 230 valence electrons. The summed E-state index contributed by atoms with van der Waals surface area (Å²) in [6, 6.07) is 8.61. The molecule has 1 saturated heterocycles. The van der Waals surface area contributed by atoms with Crippen molar-refractivity contribution in [2.24, 2.45) is 17.8 Å². The SMILES string of the molecule is CC(C)Oc1ccccc1C1CCN(CCCCn2ccn(C34CC5CC(CC(C5)C3)C4)c2=O)CC1.O=C(O)C(=O)O. The van der Waals surface area contributed by atoms with E-state index in [1.807, 2.05) is 4.57 Å². The van der Waals surface area contributed by atoms with Crippen molar-refractivity contribution in [3.63, 3.8) is 0 Å². The normalized spacial score (nSPS) is 27.1. The van der Waals surface area contributed by atoms with Crippen molar-refractivity contribution >= 4 is 11.9 Å². The molecule has 4 saturated carbocycles. The number of piperidine rings is 1. The number of hydrogen-bond donors (Lipinski definition) is 2. The van der Waals surface area contributed by atoms with E-state index in [4.69, 9.17) is 24.5 Å². The van der Waals surface area contributed by atoms with Crippen molar-refractivity contribution in [3.8, 4) is 5.75 Å². The van der Waals surface area contributed by atoms with Gasteiger partial charge in [0.25, 0.3) is 0 Å². The number of aryl methyl sites for hydroxylation is 1. The Hall–Kier alpha value is -3.07. The highest BCUT2D eigenvalue weighted by Gasteiger charge is 2.52. The number of imidazole rings is 1. The number of carbonyl (C=O) groups is 2. The maximum Gasteiger partial charge on any atom is 0.414 e. The van der Waals surface area contributed by atoms with E-state index < -0.39 is 11.9 Å². The molecule has 0 amide bonds. The number of likely N-dealkylation sites (tertiary alicyclic amines) is 1. The van der Waals surface area contributed by atoms with Gasteiger partial charge >= 0.3 is 17.6 Å². The third kappa shape index (κ3) is 6.93. The first kappa shape index (κ1) is 30.4. The Morgan fingerprint density at radius 3 is 2.05 bits per heavy atom. The zero-order valence-corrected chi connectivity index (χ0v) is 25.1. The number of hydrogen-bond acceptors (Lipinski definition) is 5. The van der Waals surface area contributed by atoms with Crippen molar-refractivity contribution in [3.05, 3.63) is 52.7 Å². The van der Waals surface area contributed by atoms with E-state index in [9.17, 15) is 4.79 Å². The molecule has 1 aliphatic heterocycles. The third-order valence-corrected chi connectivity index (χ3v) is 9.98. The van der Waals surface area contributed by atoms with Crippen LogP contribution in [0.3, 0.4) is 0 Å². The minimum atomic E-state index is -1.82. The quantitative estimate of drug-likeness (QED) is 0.310. The van der Waals surface area contributed by atoms with Gasteiger partial charge in [-0.25, -0.2) is 14.4 Å². The number of ether oxygens (including phenoxy) is 1. The summed E-state index contributed by atoms with van der Waals surface area (Å²) in [5, 5.41) is 14.8. The van der Waals surface area contributed by atoms with Crippen LogP contribution in [0.5, 0.6) is 5.75 Å². The Kier molecular flexibility index (Phi) is 9.45. The van der Waals surface area contributed by atoms with Gasteiger partial charge in [0.05, 0.1) is 6.10 Å². The standard InChI is InChI=1S/C31H45N3O2.C2H2O4/c1-23(2)36-29-8-4-3-7-28(29)27-9-13-32(14-10-27)11-5-6-12-33-15-16-34(30(33)35)31-20-24-17-25(21-31)19-26(18-24)22-31;3-1(4)2(5)6/h3-4,7-8,15-16,23-27H,5-6,9-14,17-22H2,1-2H3;(H,3,4)(H,5,6). The van der Waals surface area contributed by atoms with E-state index in [0.29, 0.717) is 5.92 Å². The molecule has 7 rings (SSSR count). The Labute approximate surface area is 248 Å². The van der Waals surface area contributed by atoms with Crippen LogP contribution in [0.15, 0.2) is 41.5 Å². The molecule has 2 N–H and O–H groups in total. The largest absolute Gasteiger partial charge is 0.491 e. The van der Waals surface area contributed by atoms with Gasteiger partial charge in [-0.2, -0.15) is 0 Å². The van der Waals surface area contributed by atoms with Gasteiger partial charge in [-0.05, 0) is 133 Å². The lowest BCUT2D eigenvalue weighted by molar-refractivity contribution is -0.159. The molecule has 5 fully saturated rings. The second kappa shape index (κ2) is 13.1. The fourth-order valence-electron chi connectivity index (χ4n) is 8.57. The smallest absolute Gasteiger partial charge is 0.414 e. The summed E-state index contributed by atoms with van der Waals surface area (Å²) in [5.74, 6) is 0.617. The lowest BCUT2D eigenvalue weighted by Crippen LogP contribution is -2.54. The number of para-hydroxylation sites is 1. The number of rotatable bonds is 9. The predicted octanol–water partition coefficient (Wildman–Crippen LogP) is 5.18. The monoisotopic (exact) mass is 581 g/mol. The summed E-state index contributed by atoms with van der Waals surface area (Å²) < 4.78 is 10.2. The molecule has 2 heterocycles. The molecule has 2 aromatic rings. The zero-order chi connectivity index (χ0) is 29.9. The maximum atomic E-state index is 13.4. The lowest BCUT2D eigenvalue weighted by Gasteiger charge is -2.56. The molecule has 1 aromatic heterocycles. The molecule has 0 spiro atoms. The van der Waals surface area contributed by atoms with Crippen LogP contribution >= 0.6 is 0 Å². The van der Waals surface area contributed by atoms with E-state index in [2.05, 4.69) is 60.0 Å². The first-order valence-corrected chi connectivity index (χ1v) is 15.9. The summed E-state index contributed by atoms with van der Waals surface area (Å²) in [4.78, 5) is 34.2. The summed E-state index contributed by atoms with van der Waals surface area (Å²) in [5.41, 5.74) is 1.77. The van der Waals surface area contributed by atoms with Gasteiger partial charge in [0.15, 0.2) is 0 Å². The van der Waals surface area contributed by atoms with E-state index in [0.717, 1.165) is 62.5 Å². The highest BCUT2D eigenvalue weighted by atomic mass is 16.5. The highest BCUT2D eigenvalue weighted by Crippen LogP contribution is 2.58. The minimum Gasteiger partial charge on any atom is -0.491 e. The van der Waals surface area contributed by atoms with Gasteiger partial charge < -0.3 is 19.8 Å². The van der Waals surface area contributed by atoms with E-state index >= 15 is 0 Å². The molecule has 9 heteroatoms. The van der Waals surface area contributed by atoms with Crippen molar-refractivity contribution < 1.29 is 24.5 Å². The van der Waals surface area contributed by atoms with Crippen LogP contribution in [-0.2, 0) is 21.7 Å². The molecule has 0 radical (unpaired) electrons. The Morgan fingerprint density at radius 2 is 1.48 bits per heavy atom. The number of unbranched alkanes of at least 4 members (excludes halogenated alkanes) is 1. The van der Waals surface area contributed by atoms with Crippen LogP contribution in [0.1, 0.15) is 89.5 Å². The van der Waals surface area contributed by atoms with Crippen molar-refractivity contribution in [2.45, 2.75) is 102 Å². The van der Waals surface area contributed by atoms with Gasteiger partial charge in [0.2, 0.25) is 0 Å². The first-order chi connectivity index (χ1) is 20.1. The molecule has 4 aliphatic carbocycles. The predicted molar refractivity (Wildman–Crippen MR) is 160 cm³/mol. The third-order valence-electron chi connectivity index (χ3n) is 9.98. The van der Waals surface area contributed by atoms with E-state index in [-0.39, 0.29) is 17.3 Å². The topological polar surface area (TPSA) is 114 Å². The molecule has 42 heavy (non-hydrogen) atoms. The maximum absolute atomic E-state index is 13.4. The number of aromatic nitrogens is 2. The summed E-state index contributed by atoms with van der Waals surface area (Å²) >= 11 is 0. The molecule has 5 aliphatic rings. The summed E-state index contributed by atoms with van der Waals surface area (Å²) in [7, 11) is 0. The fourth-order valence-corrected chi connectivity index (χ4v) is 8.57. The van der Waals surface area contributed by atoms with E-state index in [1.165, 1.54) is 56.9 Å². The second-order valence-corrected chi connectivity index (χ2v) is 13.4. The van der Waals surface area contributed by atoms with Crippen LogP contribution < -0.4 is 10.4 Å². The highest BCUT2D eigenvalue weighted by molar-refractivity contribution is 6.27. The average Bonchev–Trinajstić information content (AvgIpc) is 3.32. The Morgan fingerprint density at radius 1 is 0.905 bits per heavy atom. The number of benzene rings is 1. The first-order valence-electron chi connectivity index (χ1n) is 15.9. The van der Waals surface area contributed by atoms with Gasteiger partial charge in [0.1, 0.15) is 5.75 Å². The number of nitrogens with zero attached hydrogens (tertiary/aromatic N) is 3. The molecular weight excluding hydrogens is 534 g/mol. The average molecular weight is 582 g/mol. The second-order valence-electron chi connectivity index (χ2n) is 13.4. The Bertz CT molecular complexity index is 1240. The fraction of sp³-hybridized carbons (Fsp3) is 0.667. The number of carboxylic acids is 2. The van der Waals surface area contributed by atoms with Gasteiger partial charge in [-0.1, -0.05) is 18.2 Å². The number of aliphatic carboxylic acids is 2. The van der Waals surface area contributed by atoms with Crippen LogP contribution in [0.25, 0.3) is 0 Å². The van der Waals surface area contributed by atoms with E-state index in [1.54, 1.807) is 0 Å². The van der Waals surface area contributed by atoms with Crippen molar-refractivity contribution in [1.29, 1.82) is 0 Å². The Balaban J connectivity index is 0.000000535. The molecule has 0 unspecified atom stereocenters. The van der Waals surface area contributed by atoms with Crippen LogP contribution in [0.4, 0.5) is 0 Å². The molecule has 0 atom stereocenters. The number of carboxylic acid groups (broad SMARTS) is 2. The van der Waals surface area contributed by atoms with Crippen LogP contribution in [-0.4, -0.2) is 61.9 Å². The molecule has 1 aromatic carbocycles. The molecular formula is C33H47N3O6. The molecule has 4 bridgehead atoms. The van der Waals surface area contributed by atoms with Crippen molar-refractivity contribution in [2.75, 3.05) is 19.6 Å². The van der Waals surface area contributed by atoms with Crippen LogP contribution in [0.2, 0.25) is 0 Å². The van der Waals surface area contributed by atoms with Gasteiger partial charge in [0, 0.05) is 24.5 Å². The lowest BCUT2D eigenvalue weighted by atomic mass is 9.53. The van der Waals surface area contributed by atoms with Crippen molar-refractivity contribution in [1.82, 2.24) is 14.0 Å².